The molecule has 0 aliphatic heterocycles. The zero-order chi connectivity index (χ0) is 13.7. The summed E-state index contributed by atoms with van der Waals surface area (Å²) in [4.78, 5) is 11.8. The standard InChI is InChI=1S/C13H14ClN3O2/c1-2-7-17-13(18)12(14)11(9-16-17)15-6-5-10-4-3-8-19-10/h2-4,8-9,15H,1,5-7H2. The molecule has 0 amide bonds. The van der Waals surface area contributed by atoms with Gasteiger partial charge in [-0.1, -0.05) is 17.7 Å². The Kier molecular flexibility index (Phi) is 4.41. The monoisotopic (exact) mass is 279 g/mol. The fourth-order valence-corrected chi connectivity index (χ4v) is 1.83. The lowest BCUT2D eigenvalue weighted by atomic mass is 10.3. The number of hydrogen-bond acceptors (Lipinski definition) is 4. The fourth-order valence-electron chi connectivity index (χ4n) is 1.62. The van der Waals surface area contributed by atoms with Crippen LogP contribution in [0.4, 0.5) is 5.69 Å². The third-order valence-electron chi connectivity index (χ3n) is 2.55. The lowest BCUT2D eigenvalue weighted by Crippen LogP contribution is -2.24. The van der Waals surface area contributed by atoms with Gasteiger partial charge in [0.15, 0.2) is 0 Å². The third kappa shape index (κ3) is 3.26. The molecule has 2 rings (SSSR count). The molecule has 19 heavy (non-hydrogen) atoms. The van der Waals surface area contributed by atoms with E-state index < -0.39 is 0 Å². The van der Waals surface area contributed by atoms with E-state index in [1.807, 2.05) is 12.1 Å². The third-order valence-corrected chi connectivity index (χ3v) is 2.92. The molecule has 0 radical (unpaired) electrons. The predicted molar refractivity (Wildman–Crippen MR) is 74.6 cm³/mol. The zero-order valence-electron chi connectivity index (χ0n) is 10.3. The van der Waals surface area contributed by atoms with Gasteiger partial charge in [-0.3, -0.25) is 4.79 Å². The Balaban J connectivity index is 2.02. The van der Waals surface area contributed by atoms with Crippen molar-refractivity contribution in [3.8, 4) is 0 Å². The van der Waals surface area contributed by atoms with Crippen LogP contribution in [0.2, 0.25) is 5.02 Å². The van der Waals surface area contributed by atoms with Crippen molar-refractivity contribution in [1.29, 1.82) is 0 Å². The molecule has 0 saturated carbocycles. The van der Waals surface area contributed by atoms with Crippen molar-refractivity contribution < 1.29 is 4.42 Å². The number of allylic oxidation sites excluding steroid dienone is 1. The van der Waals surface area contributed by atoms with Gasteiger partial charge >= 0.3 is 0 Å². The number of hydrogen-bond donors (Lipinski definition) is 1. The van der Waals surface area contributed by atoms with Crippen molar-refractivity contribution in [2.75, 3.05) is 11.9 Å². The molecule has 100 valence electrons. The molecular formula is C13H14ClN3O2. The van der Waals surface area contributed by atoms with Gasteiger partial charge in [0.05, 0.1) is 24.7 Å². The van der Waals surface area contributed by atoms with E-state index >= 15 is 0 Å². The Morgan fingerprint density at radius 2 is 2.42 bits per heavy atom. The molecule has 0 spiro atoms. The first kappa shape index (κ1) is 13.4. The summed E-state index contributed by atoms with van der Waals surface area (Å²) in [6.07, 6.45) is 5.46. The number of aromatic nitrogens is 2. The van der Waals surface area contributed by atoms with Gasteiger partial charge in [0, 0.05) is 13.0 Å². The molecule has 2 heterocycles. The van der Waals surface area contributed by atoms with E-state index in [-0.39, 0.29) is 10.6 Å². The van der Waals surface area contributed by atoms with Crippen molar-refractivity contribution in [1.82, 2.24) is 9.78 Å². The van der Waals surface area contributed by atoms with Crippen molar-refractivity contribution in [3.63, 3.8) is 0 Å². The van der Waals surface area contributed by atoms with Crippen LogP contribution in [-0.4, -0.2) is 16.3 Å². The van der Waals surface area contributed by atoms with Gasteiger partial charge in [-0.25, -0.2) is 4.68 Å². The summed E-state index contributed by atoms with van der Waals surface area (Å²) in [5.41, 5.74) is 0.197. The number of nitrogens with one attached hydrogen (secondary N) is 1. The quantitative estimate of drug-likeness (QED) is 0.825. The smallest absolute Gasteiger partial charge is 0.287 e. The number of nitrogens with zero attached hydrogens (tertiary/aromatic N) is 2. The van der Waals surface area contributed by atoms with E-state index in [9.17, 15) is 4.79 Å². The minimum absolute atomic E-state index is 0.135. The minimum Gasteiger partial charge on any atom is -0.469 e. The summed E-state index contributed by atoms with van der Waals surface area (Å²) in [6, 6.07) is 3.73. The van der Waals surface area contributed by atoms with Gasteiger partial charge in [0.25, 0.3) is 5.56 Å². The number of halogens is 1. The summed E-state index contributed by atoms with van der Waals surface area (Å²) < 4.78 is 6.47. The van der Waals surface area contributed by atoms with Gasteiger partial charge in [-0.15, -0.1) is 6.58 Å². The second kappa shape index (κ2) is 6.24. The number of furan rings is 1. The minimum atomic E-state index is -0.329. The molecule has 0 aliphatic carbocycles. The van der Waals surface area contributed by atoms with Crippen molar-refractivity contribution >= 4 is 17.3 Å². The van der Waals surface area contributed by atoms with Crippen molar-refractivity contribution in [3.05, 3.63) is 58.4 Å². The molecule has 0 bridgehead atoms. The van der Waals surface area contributed by atoms with E-state index in [1.165, 1.54) is 10.9 Å². The topological polar surface area (TPSA) is 60.1 Å². The molecular weight excluding hydrogens is 266 g/mol. The first-order valence-electron chi connectivity index (χ1n) is 5.85. The van der Waals surface area contributed by atoms with Crippen molar-refractivity contribution in [2.24, 2.45) is 0 Å². The van der Waals surface area contributed by atoms with Crippen molar-refractivity contribution in [2.45, 2.75) is 13.0 Å². The maximum absolute atomic E-state index is 11.8. The summed E-state index contributed by atoms with van der Waals surface area (Å²) >= 11 is 6.00. The highest BCUT2D eigenvalue weighted by Crippen LogP contribution is 2.15. The van der Waals surface area contributed by atoms with Crippen LogP contribution in [0.15, 0.2) is 46.5 Å². The van der Waals surface area contributed by atoms with Crippen LogP contribution in [0.25, 0.3) is 0 Å². The first-order chi connectivity index (χ1) is 9.22. The average molecular weight is 280 g/mol. The molecule has 1 N–H and O–H groups in total. The molecule has 0 saturated heterocycles. The lowest BCUT2D eigenvalue weighted by molar-refractivity contribution is 0.513. The van der Waals surface area contributed by atoms with Crippen LogP contribution in [-0.2, 0) is 13.0 Å². The van der Waals surface area contributed by atoms with E-state index in [2.05, 4.69) is 17.0 Å². The van der Waals surface area contributed by atoms with Crippen LogP contribution < -0.4 is 10.9 Å². The highest BCUT2D eigenvalue weighted by atomic mass is 35.5. The molecule has 5 nitrogen and oxygen atoms in total. The molecule has 0 unspecified atom stereocenters. The van der Waals surface area contributed by atoms with Crippen LogP contribution in [0.5, 0.6) is 0 Å². The molecule has 0 aromatic carbocycles. The number of anilines is 1. The molecule has 0 atom stereocenters. The molecule has 0 fully saturated rings. The van der Waals surface area contributed by atoms with Gasteiger partial charge < -0.3 is 9.73 Å². The largest absolute Gasteiger partial charge is 0.469 e. The van der Waals surface area contributed by atoms with Gasteiger partial charge in [0.2, 0.25) is 0 Å². The van der Waals surface area contributed by atoms with Crippen LogP contribution >= 0.6 is 11.6 Å². The average Bonchev–Trinajstić information content (AvgIpc) is 2.91. The Morgan fingerprint density at radius 3 is 3.11 bits per heavy atom. The van der Waals surface area contributed by atoms with Crippen LogP contribution in [0.1, 0.15) is 5.76 Å². The van der Waals surface area contributed by atoms with E-state index in [1.54, 1.807) is 12.3 Å². The lowest BCUT2D eigenvalue weighted by Gasteiger charge is -2.08. The second-order valence-corrected chi connectivity index (χ2v) is 4.28. The highest BCUT2D eigenvalue weighted by molar-refractivity contribution is 6.32. The SMILES string of the molecule is C=CCn1ncc(NCCc2ccco2)c(Cl)c1=O. The summed E-state index contributed by atoms with van der Waals surface area (Å²) in [5, 5.41) is 7.21. The Morgan fingerprint density at radius 1 is 1.58 bits per heavy atom. The molecule has 2 aromatic rings. The highest BCUT2D eigenvalue weighted by Gasteiger charge is 2.08. The Labute approximate surface area is 115 Å². The van der Waals surface area contributed by atoms with Crippen LogP contribution in [0.3, 0.4) is 0 Å². The fraction of sp³-hybridized carbons (Fsp3) is 0.231. The summed E-state index contributed by atoms with van der Waals surface area (Å²) in [5.74, 6) is 0.872. The van der Waals surface area contributed by atoms with Gasteiger partial charge in [-0.05, 0) is 12.1 Å². The molecule has 0 aliphatic rings. The summed E-state index contributed by atoms with van der Waals surface area (Å²) in [6.45, 7) is 4.51. The molecule has 6 heteroatoms. The second-order valence-electron chi connectivity index (χ2n) is 3.90. The van der Waals surface area contributed by atoms with E-state index in [0.717, 1.165) is 5.76 Å². The Bertz CT molecular complexity index is 605. The first-order valence-corrected chi connectivity index (χ1v) is 6.23. The van der Waals surface area contributed by atoms with E-state index in [0.29, 0.717) is 25.2 Å². The summed E-state index contributed by atoms with van der Waals surface area (Å²) in [7, 11) is 0. The van der Waals surface area contributed by atoms with E-state index in [4.69, 9.17) is 16.0 Å². The molecule has 2 aromatic heterocycles. The predicted octanol–water partition coefficient (Wildman–Crippen LogP) is 2.33. The Hall–Kier alpha value is -2.01. The normalized spacial score (nSPS) is 10.4. The zero-order valence-corrected chi connectivity index (χ0v) is 11.1. The maximum atomic E-state index is 11.8. The van der Waals surface area contributed by atoms with Gasteiger partial charge in [-0.2, -0.15) is 5.10 Å². The van der Waals surface area contributed by atoms with Crippen LogP contribution in [0, 0.1) is 0 Å². The van der Waals surface area contributed by atoms with Gasteiger partial charge in [0.1, 0.15) is 10.8 Å². The maximum Gasteiger partial charge on any atom is 0.287 e. The number of rotatable bonds is 6.